The summed E-state index contributed by atoms with van der Waals surface area (Å²) >= 11 is 1.63. The van der Waals surface area contributed by atoms with Gasteiger partial charge in [0.2, 0.25) is 0 Å². The highest BCUT2D eigenvalue weighted by molar-refractivity contribution is 7.13. The van der Waals surface area contributed by atoms with Gasteiger partial charge in [0, 0.05) is 24.0 Å². The molecule has 2 rings (SSSR count). The van der Waals surface area contributed by atoms with E-state index in [-0.39, 0.29) is 12.0 Å². The maximum atomic E-state index is 8.89. The fourth-order valence-electron chi connectivity index (χ4n) is 1.78. The maximum Gasteiger partial charge on any atom is 0.123 e. The Labute approximate surface area is 112 Å². The Hall–Kier alpha value is -1.19. The monoisotopic (exact) mass is 261 g/mol. The summed E-state index contributed by atoms with van der Waals surface area (Å²) in [6.45, 7) is 6.80. The van der Waals surface area contributed by atoms with Gasteiger partial charge in [-0.1, -0.05) is 45.0 Å². The third-order valence-corrected chi connectivity index (χ3v) is 3.86. The molecule has 0 aliphatic carbocycles. The molecule has 1 aromatic carbocycles. The lowest BCUT2D eigenvalue weighted by molar-refractivity contribution is 0.298. The molecule has 0 saturated heterocycles. The van der Waals surface area contributed by atoms with Crippen LogP contribution >= 0.6 is 11.3 Å². The summed E-state index contributed by atoms with van der Waals surface area (Å²) in [7, 11) is 0. The predicted octanol–water partition coefficient (Wildman–Crippen LogP) is 3.64. The van der Waals surface area contributed by atoms with E-state index in [4.69, 9.17) is 5.11 Å². The standard InChI is InChI=1S/C15H19NOS/c1-15(2,3)12-6-4-11(5-7-12)14-16-13(8-9-17)10-18-14/h4-7,10,17H,8-9H2,1-3H3. The van der Waals surface area contributed by atoms with Crippen LogP contribution in [0.1, 0.15) is 32.0 Å². The average Bonchev–Trinajstić information content (AvgIpc) is 2.77. The Bertz CT molecular complexity index is 508. The molecular formula is C15H19NOS. The van der Waals surface area contributed by atoms with Crippen molar-refractivity contribution in [3.63, 3.8) is 0 Å². The Morgan fingerprint density at radius 3 is 2.39 bits per heavy atom. The van der Waals surface area contributed by atoms with Gasteiger partial charge in [0.15, 0.2) is 0 Å². The molecule has 0 unspecified atom stereocenters. The number of nitrogens with zero attached hydrogens (tertiary/aromatic N) is 1. The summed E-state index contributed by atoms with van der Waals surface area (Å²) in [6, 6.07) is 8.59. The first kappa shape index (κ1) is 13.2. The fraction of sp³-hybridized carbons (Fsp3) is 0.400. The topological polar surface area (TPSA) is 33.1 Å². The molecule has 0 aliphatic rings. The zero-order chi connectivity index (χ0) is 13.2. The summed E-state index contributed by atoms with van der Waals surface area (Å²) in [6.07, 6.45) is 0.635. The first-order valence-electron chi connectivity index (χ1n) is 6.17. The van der Waals surface area contributed by atoms with Gasteiger partial charge < -0.3 is 5.11 Å². The van der Waals surface area contributed by atoms with Crippen LogP contribution in [0, 0.1) is 0 Å². The van der Waals surface area contributed by atoms with Gasteiger partial charge in [0.05, 0.1) is 5.69 Å². The van der Waals surface area contributed by atoms with Gasteiger partial charge in [-0.2, -0.15) is 0 Å². The minimum absolute atomic E-state index is 0.159. The van der Waals surface area contributed by atoms with Crippen LogP contribution in [0.25, 0.3) is 10.6 Å². The van der Waals surface area contributed by atoms with Crippen molar-refractivity contribution in [2.45, 2.75) is 32.6 Å². The van der Waals surface area contributed by atoms with Gasteiger partial charge in [-0.05, 0) is 11.0 Å². The lowest BCUT2D eigenvalue weighted by Gasteiger charge is -2.18. The van der Waals surface area contributed by atoms with E-state index in [9.17, 15) is 0 Å². The van der Waals surface area contributed by atoms with Gasteiger partial charge in [-0.25, -0.2) is 4.98 Å². The molecule has 2 nitrogen and oxygen atoms in total. The van der Waals surface area contributed by atoms with E-state index in [1.807, 2.05) is 5.38 Å². The molecule has 18 heavy (non-hydrogen) atoms. The number of rotatable bonds is 3. The first-order valence-corrected chi connectivity index (χ1v) is 7.05. The highest BCUT2D eigenvalue weighted by atomic mass is 32.1. The highest BCUT2D eigenvalue weighted by Crippen LogP contribution is 2.28. The largest absolute Gasteiger partial charge is 0.396 e. The smallest absolute Gasteiger partial charge is 0.123 e. The Balaban J connectivity index is 2.23. The lowest BCUT2D eigenvalue weighted by Crippen LogP contribution is -2.10. The highest BCUT2D eigenvalue weighted by Gasteiger charge is 2.13. The molecule has 0 spiro atoms. The number of hydrogen-bond donors (Lipinski definition) is 1. The van der Waals surface area contributed by atoms with E-state index < -0.39 is 0 Å². The molecule has 1 heterocycles. The number of thiazole rings is 1. The number of hydrogen-bond acceptors (Lipinski definition) is 3. The summed E-state index contributed by atoms with van der Waals surface area (Å²) in [5.41, 5.74) is 3.64. The van der Waals surface area contributed by atoms with Crippen LogP contribution in [0.5, 0.6) is 0 Å². The molecule has 0 amide bonds. The molecule has 2 aromatic rings. The lowest BCUT2D eigenvalue weighted by atomic mass is 9.87. The van der Waals surface area contributed by atoms with Gasteiger partial charge in [-0.15, -0.1) is 11.3 Å². The van der Waals surface area contributed by atoms with Crippen molar-refractivity contribution < 1.29 is 5.11 Å². The zero-order valence-corrected chi connectivity index (χ0v) is 11.9. The minimum atomic E-state index is 0.159. The summed E-state index contributed by atoms with van der Waals surface area (Å²) in [5, 5.41) is 11.9. The quantitative estimate of drug-likeness (QED) is 0.915. The van der Waals surface area contributed by atoms with E-state index in [0.717, 1.165) is 16.3 Å². The summed E-state index contributed by atoms with van der Waals surface area (Å²) in [4.78, 5) is 4.52. The van der Waals surface area contributed by atoms with Crippen molar-refractivity contribution in [2.75, 3.05) is 6.61 Å². The molecule has 1 N–H and O–H groups in total. The molecule has 3 heteroatoms. The van der Waals surface area contributed by atoms with Crippen molar-refractivity contribution in [3.8, 4) is 10.6 Å². The molecule has 1 aromatic heterocycles. The number of aromatic nitrogens is 1. The molecule has 0 bridgehead atoms. The van der Waals surface area contributed by atoms with Crippen LogP contribution in [0.2, 0.25) is 0 Å². The zero-order valence-electron chi connectivity index (χ0n) is 11.1. The summed E-state index contributed by atoms with van der Waals surface area (Å²) < 4.78 is 0. The molecule has 0 saturated carbocycles. The van der Waals surface area contributed by atoms with Crippen LogP contribution in [-0.2, 0) is 11.8 Å². The molecule has 0 radical (unpaired) electrons. The number of aliphatic hydroxyl groups excluding tert-OH is 1. The van der Waals surface area contributed by atoms with E-state index in [1.54, 1.807) is 11.3 Å². The second kappa shape index (κ2) is 5.21. The average molecular weight is 261 g/mol. The van der Waals surface area contributed by atoms with Crippen LogP contribution in [0.15, 0.2) is 29.6 Å². The fourth-order valence-corrected chi connectivity index (χ4v) is 2.64. The molecule has 0 fully saturated rings. The van der Waals surface area contributed by atoms with E-state index in [2.05, 4.69) is 50.0 Å². The molecular weight excluding hydrogens is 242 g/mol. The molecule has 96 valence electrons. The van der Waals surface area contributed by atoms with Gasteiger partial charge in [0.25, 0.3) is 0 Å². The predicted molar refractivity (Wildman–Crippen MR) is 77.0 cm³/mol. The van der Waals surface area contributed by atoms with E-state index >= 15 is 0 Å². The molecule has 0 atom stereocenters. The van der Waals surface area contributed by atoms with Crippen molar-refractivity contribution >= 4 is 11.3 Å². The number of benzene rings is 1. The Morgan fingerprint density at radius 2 is 1.83 bits per heavy atom. The second-order valence-corrected chi connectivity index (χ2v) is 6.30. The maximum absolute atomic E-state index is 8.89. The van der Waals surface area contributed by atoms with Crippen molar-refractivity contribution in [3.05, 3.63) is 40.9 Å². The van der Waals surface area contributed by atoms with E-state index in [1.165, 1.54) is 5.56 Å². The van der Waals surface area contributed by atoms with Crippen LogP contribution in [0.3, 0.4) is 0 Å². The van der Waals surface area contributed by atoms with Gasteiger partial charge in [-0.3, -0.25) is 0 Å². The van der Waals surface area contributed by atoms with Crippen molar-refractivity contribution in [1.82, 2.24) is 4.98 Å². The van der Waals surface area contributed by atoms with Crippen molar-refractivity contribution in [1.29, 1.82) is 0 Å². The van der Waals surface area contributed by atoms with Crippen molar-refractivity contribution in [2.24, 2.45) is 0 Å². The van der Waals surface area contributed by atoms with Crippen LogP contribution < -0.4 is 0 Å². The van der Waals surface area contributed by atoms with E-state index in [0.29, 0.717) is 6.42 Å². The van der Waals surface area contributed by atoms with Gasteiger partial charge >= 0.3 is 0 Å². The normalized spacial score (nSPS) is 11.8. The van der Waals surface area contributed by atoms with Gasteiger partial charge in [0.1, 0.15) is 5.01 Å². The van der Waals surface area contributed by atoms with Crippen LogP contribution in [0.4, 0.5) is 0 Å². The second-order valence-electron chi connectivity index (χ2n) is 5.44. The van der Waals surface area contributed by atoms with Crippen LogP contribution in [-0.4, -0.2) is 16.7 Å². The Kier molecular flexibility index (Phi) is 3.83. The minimum Gasteiger partial charge on any atom is -0.396 e. The number of aliphatic hydroxyl groups is 1. The molecule has 0 aliphatic heterocycles. The Morgan fingerprint density at radius 1 is 1.17 bits per heavy atom. The SMILES string of the molecule is CC(C)(C)c1ccc(-c2nc(CCO)cs2)cc1. The third kappa shape index (κ3) is 2.98. The third-order valence-electron chi connectivity index (χ3n) is 2.92. The first-order chi connectivity index (χ1) is 8.50. The summed E-state index contributed by atoms with van der Waals surface area (Å²) in [5.74, 6) is 0.